The van der Waals surface area contributed by atoms with Gasteiger partial charge < -0.3 is 23.3 Å². The van der Waals surface area contributed by atoms with Gasteiger partial charge in [0.25, 0.3) is 0 Å². The molecule has 0 saturated heterocycles. The maximum Gasteiger partial charge on any atom is 1.00 e. The van der Waals surface area contributed by atoms with E-state index in [-0.39, 0.29) is 57.4 Å². The average molecular weight is 850 g/mol. The van der Waals surface area contributed by atoms with Gasteiger partial charge in [0, 0.05) is 58.3 Å². The number of nitrogens with zero attached hydrogens (tertiary/aromatic N) is 2. The Morgan fingerprint density at radius 2 is 1.47 bits per heavy atom. The monoisotopic (exact) mass is 849 g/mol. The number of hydrogen-bond acceptors (Lipinski definition) is 8. The smallest absolute Gasteiger partial charge is 0.870 e. The van der Waals surface area contributed by atoms with Crippen LogP contribution in [-0.2, 0) is 40.1 Å². The number of hydrogen-bond donors (Lipinski definition) is 0. The molecule has 0 spiro atoms. The Hall–Kier alpha value is -3.06. The molecule has 1 N–H and O–H groups in total. The first-order valence-corrected chi connectivity index (χ1v) is 22.8. The molecule has 1 aliphatic carbocycles. The molecule has 2 heterocycles. The fourth-order valence-corrected chi connectivity index (χ4v) is 10.5. The van der Waals surface area contributed by atoms with Crippen molar-refractivity contribution >= 4 is 71.1 Å². The van der Waals surface area contributed by atoms with Gasteiger partial charge in [-0.25, -0.2) is 8.42 Å². The standard InChI is InChI=1S/C46H50ClN2O5S2.Na.H2O/c1-45(2)40(48(28-9-11-30-55(50)51)38-24-20-32-14-5-7-18-36(32)42(38)45)26-22-34-16-13-17-35(44(34)47)23-27-41-46(3,4)43-37-19-8-6-15-33(37)21-25-39(43)49(41)29-10-12-31-56(52,53)54;;/h5-8,14-15,18-27H,9-13,16-17,28-31H2,1-4H3;;1H2/q-1;+1;/p-1. The van der Waals surface area contributed by atoms with Gasteiger partial charge in [-0.15, -0.1) is 0 Å². The SMILES string of the molecule is CC1(C)C(/C=C/C2=C(Cl)C(=C/C=C3\N(CCCCS(=O)(=O)[O-])c4ccc5ccccc5c4C3(C)C)/CCC2)=[N+](CCCC[S-](=O)=O)c2ccc3ccccc3c21.[Na+].[OH-]. The minimum atomic E-state index is -4.28. The molecule has 0 fully saturated rings. The van der Waals surface area contributed by atoms with Crippen LogP contribution >= 0.6 is 11.6 Å². The van der Waals surface area contributed by atoms with E-state index in [1.807, 2.05) is 6.07 Å². The number of benzene rings is 4. The molecule has 0 aromatic heterocycles. The van der Waals surface area contributed by atoms with E-state index in [9.17, 15) is 21.4 Å². The van der Waals surface area contributed by atoms with Crippen molar-refractivity contribution in [3.8, 4) is 0 Å². The van der Waals surface area contributed by atoms with Crippen LogP contribution in [0.3, 0.4) is 0 Å². The van der Waals surface area contributed by atoms with Gasteiger partial charge in [0.1, 0.15) is 6.54 Å². The zero-order valence-corrected chi connectivity index (χ0v) is 38.5. The molecule has 3 aliphatic rings. The van der Waals surface area contributed by atoms with Crippen molar-refractivity contribution in [2.45, 2.75) is 83.5 Å². The Balaban J connectivity index is 0.00000320. The van der Waals surface area contributed by atoms with E-state index in [1.165, 1.54) is 44.1 Å². The molecule has 302 valence electrons. The van der Waals surface area contributed by atoms with Crippen LogP contribution in [0.15, 0.2) is 119 Å². The second-order valence-corrected chi connectivity index (χ2v) is 19.2. The third-order valence-corrected chi connectivity index (χ3v) is 13.7. The van der Waals surface area contributed by atoms with E-state index < -0.39 is 20.8 Å². The van der Waals surface area contributed by atoms with Crippen molar-refractivity contribution in [3.05, 3.63) is 130 Å². The van der Waals surface area contributed by atoms with E-state index in [0.717, 1.165) is 53.2 Å². The van der Waals surface area contributed by atoms with Crippen molar-refractivity contribution in [2.75, 3.05) is 29.5 Å². The maximum atomic E-state index is 11.4. The van der Waals surface area contributed by atoms with Gasteiger partial charge in [-0.05, 0) is 102 Å². The van der Waals surface area contributed by atoms with Crippen molar-refractivity contribution in [3.63, 3.8) is 0 Å². The molecular formula is C46H51ClN2NaO6S2-. The summed E-state index contributed by atoms with van der Waals surface area (Å²) in [6, 6.07) is 25.6. The summed E-state index contributed by atoms with van der Waals surface area (Å²) in [6.45, 7) is 10.3. The van der Waals surface area contributed by atoms with Gasteiger partial charge in [0.2, 0.25) is 5.69 Å². The van der Waals surface area contributed by atoms with Crippen molar-refractivity contribution < 1.29 is 61.0 Å². The molecule has 2 aliphatic heterocycles. The van der Waals surface area contributed by atoms with E-state index >= 15 is 0 Å². The summed E-state index contributed by atoms with van der Waals surface area (Å²) >= 11 is 7.30. The summed E-state index contributed by atoms with van der Waals surface area (Å²) < 4.78 is 59.1. The van der Waals surface area contributed by atoms with Crippen molar-refractivity contribution in [2.24, 2.45) is 0 Å². The minimum Gasteiger partial charge on any atom is -0.870 e. The fourth-order valence-electron chi connectivity index (χ4n) is 9.16. The van der Waals surface area contributed by atoms with Crippen LogP contribution in [0, 0.1) is 0 Å². The topological polar surface area (TPSA) is 128 Å². The molecule has 0 atom stereocenters. The summed E-state index contributed by atoms with van der Waals surface area (Å²) in [7, 11) is -6.33. The maximum absolute atomic E-state index is 11.4. The second kappa shape index (κ2) is 18.7. The first kappa shape index (κ1) is 46.0. The molecule has 12 heteroatoms. The molecule has 0 saturated carbocycles. The number of halogens is 1. The summed E-state index contributed by atoms with van der Waals surface area (Å²) in [5.74, 6) is -0.209. The van der Waals surface area contributed by atoms with Gasteiger partial charge in [-0.3, -0.25) is 0 Å². The number of unbranched alkanes of at least 4 members (excludes halogenated alkanes) is 2. The van der Waals surface area contributed by atoms with Gasteiger partial charge in [0.15, 0.2) is 5.71 Å². The first-order chi connectivity index (χ1) is 26.7. The number of anilines is 1. The molecule has 0 unspecified atom stereocenters. The molecule has 4 aromatic carbocycles. The minimum absolute atomic E-state index is 0. The normalized spacial score (nSPS) is 18.8. The quantitative estimate of drug-likeness (QED) is 0.0450. The summed E-state index contributed by atoms with van der Waals surface area (Å²) in [5.41, 5.74) is 8.59. The van der Waals surface area contributed by atoms with Crippen LogP contribution in [-0.4, -0.2) is 53.3 Å². The Morgan fingerprint density at radius 1 is 0.810 bits per heavy atom. The third-order valence-electron chi connectivity index (χ3n) is 11.8. The van der Waals surface area contributed by atoms with E-state index in [1.54, 1.807) is 0 Å². The van der Waals surface area contributed by atoms with Crippen LogP contribution in [0.4, 0.5) is 11.4 Å². The zero-order valence-electron chi connectivity index (χ0n) is 34.1. The fraction of sp³-hybridized carbons (Fsp3) is 0.370. The number of rotatable bonds is 13. The molecule has 4 aromatic rings. The van der Waals surface area contributed by atoms with Crippen LogP contribution in [0.5, 0.6) is 0 Å². The summed E-state index contributed by atoms with van der Waals surface area (Å²) in [6.07, 6.45) is 13.7. The van der Waals surface area contributed by atoms with Crippen molar-refractivity contribution in [1.82, 2.24) is 0 Å². The van der Waals surface area contributed by atoms with Crippen LogP contribution in [0.25, 0.3) is 21.5 Å². The molecule has 0 amide bonds. The molecule has 8 nitrogen and oxygen atoms in total. The first-order valence-electron chi connectivity index (χ1n) is 19.6. The van der Waals surface area contributed by atoms with Crippen LogP contribution < -0.4 is 34.5 Å². The second-order valence-electron chi connectivity index (χ2n) is 16.3. The van der Waals surface area contributed by atoms with Gasteiger partial charge in [-0.2, -0.15) is 4.58 Å². The molecule has 58 heavy (non-hydrogen) atoms. The van der Waals surface area contributed by atoms with Gasteiger partial charge in [-0.1, -0.05) is 115 Å². The Morgan fingerprint density at radius 3 is 2.14 bits per heavy atom. The number of allylic oxidation sites excluding steroid dienone is 8. The Labute approximate surface area is 372 Å². The van der Waals surface area contributed by atoms with E-state index in [4.69, 9.17) is 11.6 Å². The largest absolute Gasteiger partial charge is 1.00 e. The van der Waals surface area contributed by atoms with Gasteiger partial charge >= 0.3 is 29.6 Å². The zero-order chi connectivity index (χ0) is 39.8. The van der Waals surface area contributed by atoms with E-state index in [0.29, 0.717) is 32.4 Å². The summed E-state index contributed by atoms with van der Waals surface area (Å²) in [5, 5.41) is 5.55. The Kier molecular flexibility index (Phi) is 14.8. The van der Waals surface area contributed by atoms with E-state index in [2.05, 4.69) is 128 Å². The molecule has 7 rings (SSSR count). The van der Waals surface area contributed by atoms with Gasteiger partial charge in [0.05, 0.1) is 15.5 Å². The van der Waals surface area contributed by atoms with Crippen LogP contribution in [0.1, 0.15) is 83.8 Å². The third kappa shape index (κ3) is 9.30. The molecular weight excluding hydrogens is 799 g/mol. The van der Waals surface area contributed by atoms with Crippen LogP contribution in [0.2, 0.25) is 0 Å². The number of fused-ring (bicyclic) bond motifs is 6. The summed E-state index contributed by atoms with van der Waals surface area (Å²) in [4.78, 5) is 2.29. The predicted molar refractivity (Wildman–Crippen MR) is 232 cm³/mol. The molecule has 0 radical (unpaired) electrons. The Bertz CT molecular complexity index is 2560. The predicted octanol–water partition coefficient (Wildman–Crippen LogP) is 7.45. The average Bonchev–Trinajstić information content (AvgIpc) is 3.51. The molecule has 0 bridgehead atoms. The van der Waals surface area contributed by atoms with Crippen molar-refractivity contribution in [1.29, 1.82) is 0 Å².